The Kier molecular flexibility index (Phi) is 4.08. The van der Waals surface area contributed by atoms with Gasteiger partial charge in [-0.1, -0.05) is 24.6 Å². The smallest absolute Gasteiger partial charge is 0.127 e. The number of hydrogen-bond donors (Lipinski definition) is 2. The molecule has 84 valence electrons. The standard InChI is InChI=1S/C11H15ClFNO/c1-2-11(15,7-14)6-8-3-4-9(12)5-10(8)13/h3-5,15H,2,6-7,14H2,1H3. The van der Waals surface area contributed by atoms with Crippen LogP contribution in [-0.2, 0) is 6.42 Å². The molecule has 0 fully saturated rings. The van der Waals surface area contributed by atoms with Gasteiger partial charge in [-0.05, 0) is 24.1 Å². The summed E-state index contributed by atoms with van der Waals surface area (Å²) in [5, 5.41) is 10.3. The predicted octanol–water partition coefficient (Wildman–Crippen LogP) is 2.12. The van der Waals surface area contributed by atoms with Gasteiger partial charge in [0.15, 0.2) is 0 Å². The molecule has 3 N–H and O–H groups in total. The second kappa shape index (κ2) is 4.92. The monoisotopic (exact) mass is 231 g/mol. The van der Waals surface area contributed by atoms with Crippen molar-refractivity contribution in [2.45, 2.75) is 25.4 Å². The molecule has 0 saturated heterocycles. The van der Waals surface area contributed by atoms with Crippen LogP contribution in [0.3, 0.4) is 0 Å². The van der Waals surface area contributed by atoms with Crippen LogP contribution in [0, 0.1) is 5.82 Å². The van der Waals surface area contributed by atoms with Crippen LogP contribution >= 0.6 is 11.6 Å². The second-order valence-electron chi connectivity index (χ2n) is 3.69. The number of nitrogens with two attached hydrogens (primary N) is 1. The molecule has 0 aromatic heterocycles. The summed E-state index contributed by atoms with van der Waals surface area (Å²) in [5.74, 6) is -0.400. The molecule has 0 aliphatic carbocycles. The molecule has 0 aliphatic rings. The average molecular weight is 232 g/mol. The van der Waals surface area contributed by atoms with Crippen molar-refractivity contribution >= 4 is 11.6 Å². The average Bonchev–Trinajstić information content (AvgIpc) is 2.22. The fourth-order valence-corrected chi connectivity index (χ4v) is 1.52. The van der Waals surface area contributed by atoms with Crippen LogP contribution in [0.5, 0.6) is 0 Å². The van der Waals surface area contributed by atoms with Crippen molar-refractivity contribution in [1.82, 2.24) is 0 Å². The number of aliphatic hydroxyl groups is 1. The zero-order valence-corrected chi connectivity index (χ0v) is 9.39. The topological polar surface area (TPSA) is 46.2 Å². The molecule has 4 heteroatoms. The zero-order valence-electron chi connectivity index (χ0n) is 8.63. The Morgan fingerprint density at radius 2 is 2.20 bits per heavy atom. The third kappa shape index (κ3) is 3.16. The lowest BCUT2D eigenvalue weighted by Crippen LogP contribution is -2.39. The van der Waals surface area contributed by atoms with E-state index in [1.807, 2.05) is 6.92 Å². The molecule has 1 unspecified atom stereocenters. The Morgan fingerprint density at radius 1 is 1.53 bits per heavy atom. The van der Waals surface area contributed by atoms with Gasteiger partial charge in [-0.25, -0.2) is 4.39 Å². The van der Waals surface area contributed by atoms with Gasteiger partial charge in [0.2, 0.25) is 0 Å². The van der Waals surface area contributed by atoms with Gasteiger partial charge in [-0.3, -0.25) is 0 Å². The van der Waals surface area contributed by atoms with Gasteiger partial charge in [0.1, 0.15) is 5.82 Å². The molecule has 0 bridgehead atoms. The van der Waals surface area contributed by atoms with E-state index in [0.29, 0.717) is 17.0 Å². The Morgan fingerprint density at radius 3 is 2.67 bits per heavy atom. The molecule has 1 atom stereocenters. The number of benzene rings is 1. The van der Waals surface area contributed by atoms with Gasteiger partial charge >= 0.3 is 0 Å². The highest BCUT2D eigenvalue weighted by Gasteiger charge is 2.24. The molecule has 0 radical (unpaired) electrons. The van der Waals surface area contributed by atoms with E-state index in [1.165, 1.54) is 6.07 Å². The predicted molar refractivity (Wildman–Crippen MR) is 59.4 cm³/mol. The summed E-state index contributed by atoms with van der Waals surface area (Å²) in [4.78, 5) is 0. The number of halogens is 2. The largest absolute Gasteiger partial charge is 0.388 e. The molecule has 0 amide bonds. The summed E-state index contributed by atoms with van der Waals surface area (Å²) in [6.45, 7) is 1.94. The molecule has 1 aromatic carbocycles. The fraction of sp³-hybridized carbons (Fsp3) is 0.455. The van der Waals surface area contributed by atoms with Crippen molar-refractivity contribution in [3.63, 3.8) is 0 Å². The van der Waals surface area contributed by atoms with Crippen LogP contribution < -0.4 is 5.73 Å². The highest BCUT2D eigenvalue weighted by molar-refractivity contribution is 6.30. The Hall–Kier alpha value is -0.640. The SMILES string of the molecule is CCC(O)(CN)Cc1ccc(Cl)cc1F. The van der Waals surface area contributed by atoms with Crippen molar-refractivity contribution < 1.29 is 9.50 Å². The van der Waals surface area contributed by atoms with E-state index in [4.69, 9.17) is 17.3 Å². The maximum absolute atomic E-state index is 13.4. The van der Waals surface area contributed by atoms with Crippen LogP contribution in [0.25, 0.3) is 0 Å². The molecule has 0 heterocycles. The van der Waals surface area contributed by atoms with Crippen LogP contribution in [-0.4, -0.2) is 17.3 Å². The lowest BCUT2D eigenvalue weighted by molar-refractivity contribution is 0.0448. The third-order valence-corrected chi connectivity index (χ3v) is 2.81. The van der Waals surface area contributed by atoms with Gasteiger partial charge in [0.25, 0.3) is 0 Å². The van der Waals surface area contributed by atoms with Crippen molar-refractivity contribution in [2.24, 2.45) is 5.73 Å². The van der Waals surface area contributed by atoms with E-state index in [9.17, 15) is 9.50 Å². The van der Waals surface area contributed by atoms with Gasteiger partial charge in [0, 0.05) is 18.0 Å². The van der Waals surface area contributed by atoms with Crippen LogP contribution in [0.4, 0.5) is 4.39 Å². The summed E-state index contributed by atoms with van der Waals surface area (Å²) >= 11 is 5.63. The summed E-state index contributed by atoms with van der Waals surface area (Å²) in [5.41, 5.74) is 4.85. The molecule has 15 heavy (non-hydrogen) atoms. The maximum atomic E-state index is 13.4. The maximum Gasteiger partial charge on any atom is 0.127 e. The second-order valence-corrected chi connectivity index (χ2v) is 4.13. The summed E-state index contributed by atoms with van der Waals surface area (Å²) in [7, 11) is 0. The van der Waals surface area contributed by atoms with E-state index < -0.39 is 11.4 Å². The fourth-order valence-electron chi connectivity index (χ4n) is 1.36. The van der Waals surface area contributed by atoms with Gasteiger partial charge in [-0.15, -0.1) is 0 Å². The molecule has 1 rings (SSSR count). The Labute approximate surface area is 93.9 Å². The van der Waals surface area contributed by atoms with Gasteiger partial charge < -0.3 is 10.8 Å². The first-order valence-electron chi connectivity index (χ1n) is 4.87. The molecule has 0 saturated carbocycles. The summed E-state index contributed by atoms with van der Waals surface area (Å²) in [6, 6.07) is 4.42. The Bertz CT molecular complexity index is 339. The van der Waals surface area contributed by atoms with E-state index in [0.717, 1.165) is 0 Å². The molecular formula is C11H15ClFNO. The summed E-state index contributed by atoms with van der Waals surface area (Å²) < 4.78 is 13.4. The summed E-state index contributed by atoms with van der Waals surface area (Å²) in [6.07, 6.45) is 0.703. The minimum absolute atomic E-state index is 0.117. The highest BCUT2D eigenvalue weighted by Crippen LogP contribution is 2.21. The lowest BCUT2D eigenvalue weighted by atomic mass is 9.92. The van der Waals surface area contributed by atoms with E-state index in [2.05, 4.69) is 0 Å². The number of hydrogen-bond acceptors (Lipinski definition) is 2. The first kappa shape index (κ1) is 12.4. The number of rotatable bonds is 4. The molecule has 0 aliphatic heterocycles. The third-order valence-electron chi connectivity index (χ3n) is 2.57. The molecule has 2 nitrogen and oxygen atoms in total. The van der Waals surface area contributed by atoms with E-state index in [1.54, 1.807) is 12.1 Å². The molecule has 0 spiro atoms. The van der Waals surface area contributed by atoms with Crippen LogP contribution in [0.2, 0.25) is 5.02 Å². The van der Waals surface area contributed by atoms with Gasteiger partial charge in [-0.2, -0.15) is 0 Å². The van der Waals surface area contributed by atoms with Crippen LogP contribution in [0.1, 0.15) is 18.9 Å². The Balaban J connectivity index is 2.89. The normalized spacial score (nSPS) is 15.0. The van der Waals surface area contributed by atoms with Crippen molar-refractivity contribution in [1.29, 1.82) is 0 Å². The minimum atomic E-state index is -1.03. The highest BCUT2D eigenvalue weighted by atomic mass is 35.5. The van der Waals surface area contributed by atoms with Crippen molar-refractivity contribution in [2.75, 3.05) is 6.54 Å². The van der Waals surface area contributed by atoms with E-state index >= 15 is 0 Å². The molecule has 1 aromatic rings. The van der Waals surface area contributed by atoms with Crippen LogP contribution in [0.15, 0.2) is 18.2 Å². The lowest BCUT2D eigenvalue weighted by Gasteiger charge is -2.25. The first-order valence-corrected chi connectivity index (χ1v) is 5.25. The van der Waals surface area contributed by atoms with Gasteiger partial charge in [0.05, 0.1) is 5.60 Å². The minimum Gasteiger partial charge on any atom is -0.388 e. The van der Waals surface area contributed by atoms with Crippen molar-refractivity contribution in [3.05, 3.63) is 34.6 Å². The van der Waals surface area contributed by atoms with E-state index in [-0.39, 0.29) is 13.0 Å². The van der Waals surface area contributed by atoms with Crippen molar-refractivity contribution in [3.8, 4) is 0 Å². The zero-order chi connectivity index (χ0) is 11.5. The first-order chi connectivity index (χ1) is 7.00. The quantitative estimate of drug-likeness (QED) is 0.834. The molecular weight excluding hydrogens is 217 g/mol.